The van der Waals surface area contributed by atoms with Gasteiger partial charge in [0.15, 0.2) is 5.13 Å². The van der Waals surface area contributed by atoms with Gasteiger partial charge >= 0.3 is 0 Å². The summed E-state index contributed by atoms with van der Waals surface area (Å²) in [7, 11) is 0. The summed E-state index contributed by atoms with van der Waals surface area (Å²) in [4.78, 5) is 21.2. The summed E-state index contributed by atoms with van der Waals surface area (Å²) in [5.74, 6) is -0.169. The summed E-state index contributed by atoms with van der Waals surface area (Å²) in [5, 5.41) is 4.24. The molecule has 0 aliphatic heterocycles. The molecule has 0 aliphatic carbocycles. The molecule has 0 fully saturated rings. The molecule has 0 spiro atoms. The van der Waals surface area contributed by atoms with E-state index >= 15 is 0 Å². The lowest BCUT2D eigenvalue weighted by molar-refractivity contribution is 0.102. The molecule has 2 heterocycles. The maximum Gasteiger partial charge on any atom is 0.260 e. The monoisotopic (exact) mass is 357 g/mol. The van der Waals surface area contributed by atoms with E-state index in [9.17, 15) is 4.79 Å². The highest BCUT2D eigenvalue weighted by Crippen LogP contribution is 2.28. The lowest BCUT2D eigenvalue weighted by atomic mass is 10.1. The molecule has 24 heavy (non-hydrogen) atoms. The van der Waals surface area contributed by atoms with Crippen molar-refractivity contribution in [2.45, 2.75) is 31.2 Å². The number of amides is 1. The number of nitrogens with one attached hydrogen (secondary N) is 1. The topological polar surface area (TPSA) is 54.9 Å². The highest BCUT2D eigenvalue weighted by atomic mass is 32.2. The number of rotatable bonds is 6. The van der Waals surface area contributed by atoms with Crippen molar-refractivity contribution in [3.8, 4) is 0 Å². The van der Waals surface area contributed by atoms with Crippen LogP contribution in [0.2, 0.25) is 0 Å². The molecule has 2 aromatic heterocycles. The Morgan fingerprint density at radius 1 is 1.33 bits per heavy atom. The largest absolute Gasteiger partial charge is 0.298 e. The highest BCUT2D eigenvalue weighted by Gasteiger charge is 2.14. The summed E-state index contributed by atoms with van der Waals surface area (Å²) in [5.41, 5.74) is 2.82. The van der Waals surface area contributed by atoms with E-state index in [0.29, 0.717) is 10.7 Å². The van der Waals surface area contributed by atoms with E-state index in [4.69, 9.17) is 0 Å². The normalized spacial score (nSPS) is 10.9. The van der Waals surface area contributed by atoms with Crippen LogP contribution in [0.5, 0.6) is 0 Å². The van der Waals surface area contributed by atoms with Gasteiger partial charge in [-0.25, -0.2) is 9.97 Å². The molecule has 4 nitrogen and oxygen atoms in total. The average Bonchev–Trinajstić information content (AvgIpc) is 3.01. The fraction of sp³-hybridized carbons (Fsp3) is 0.278. The molecule has 0 saturated heterocycles. The van der Waals surface area contributed by atoms with Crippen LogP contribution in [0.4, 0.5) is 5.13 Å². The van der Waals surface area contributed by atoms with E-state index in [2.05, 4.69) is 34.3 Å². The van der Waals surface area contributed by atoms with Crippen LogP contribution in [0.1, 0.15) is 35.7 Å². The second kappa shape index (κ2) is 7.77. The minimum Gasteiger partial charge on any atom is -0.298 e. The van der Waals surface area contributed by atoms with E-state index in [0.717, 1.165) is 21.7 Å². The van der Waals surface area contributed by atoms with Gasteiger partial charge in [-0.3, -0.25) is 10.1 Å². The molecule has 1 N–H and O–H groups in total. The zero-order valence-electron chi connectivity index (χ0n) is 13.7. The third-order valence-corrected chi connectivity index (χ3v) is 5.35. The summed E-state index contributed by atoms with van der Waals surface area (Å²) < 4.78 is 1.11. The predicted octanol–water partition coefficient (Wildman–Crippen LogP) is 5.01. The van der Waals surface area contributed by atoms with Gasteiger partial charge in [0.2, 0.25) is 0 Å². The van der Waals surface area contributed by atoms with Gasteiger partial charge in [0.1, 0.15) is 5.03 Å². The molecule has 0 radical (unpaired) electrons. The van der Waals surface area contributed by atoms with E-state index in [-0.39, 0.29) is 5.91 Å². The number of unbranched alkanes of at least 4 members (excludes halogenated alkanes) is 1. The van der Waals surface area contributed by atoms with Gasteiger partial charge in [0.05, 0.1) is 15.8 Å². The number of hydrogen-bond acceptors (Lipinski definition) is 5. The van der Waals surface area contributed by atoms with E-state index in [1.165, 1.54) is 41.5 Å². The fourth-order valence-electron chi connectivity index (χ4n) is 2.45. The van der Waals surface area contributed by atoms with E-state index in [1.807, 2.05) is 12.3 Å². The van der Waals surface area contributed by atoms with Crippen LogP contribution in [-0.4, -0.2) is 22.1 Å². The van der Waals surface area contributed by atoms with Gasteiger partial charge in [-0.15, -0.1) is 11.8 Å². The van der Waals surface area contributed by atoms with Crippen molar-refractivity contribution < 1.29 is 4.79 Å². The van der Waals surface area contributed by atoms with Crippen LogP contribution < -0.4 is 5.32 Å². The Bertz CT molecular complexity index is 860. The number of aromatic nitrogens is 2. The maximum atomic E-state index is 12.5. The molecule has 6 heteroatoms. The molecule has 0 aliphatic rings. The molecule has 0 saturated carbocycles. The minimum absolute atomic E-state index is 0.169. The molecule has 1 aromatic carbocycles. The van der Waals surface area contributed by atoms with E-state index in [1.54, 1.807) is 18.3 Å². The molecule has 3 aromatic rings. The number of benzene rings is 1. The zero-order chi connectivity index (χ0) is 16.9. The van der Waals surface area contributed by atoms with Gasteiger partial charge in [-0.1, -0.05) is 30.7 Å². The Labute approximate surface area is 149 Å². The number of thioether (sulfide) groups is 1. The first kappa shape index (κ1) is 16.9. The summed E-state index contributed by atoms with van der Waals surface area (Å²) in [6.45, 7) is 2.19. The average molecular weight is 358 g/mol. The van der Waals surface area contributed by atoms with Crippen LogP contribution >= 0.6 is 23.1 Å². The Kier molecular flexibility index (Phi) is 5.48. The molecule has 0 bridgehead atoms. The van der Waals surface area contributed by atoms with Crippen LogP contribution in [-0.2, 0) is 6.42 Å². The van der Waals surface area contributed by atoms with Crippen molar-refractivity contribution in [1.82, 2.24) is 9.97 Å². The van der Waals surface area contributed by atoms with E-state index < -0.39 is 0 Å². The third kappa shape index (κ3) is 3.76. The molecular formula is C18H19N3OS2. The SMILES string of the molecule is CCCCc1ccc2nc(NC(=O)c3cccnc3SC)sc2c1. The first-order valence-electron chi connectivity index (χ1n) is 7.91. The van der Waals surface area contributed by atoms with Crippen molar-refractivity contribution in [1.29, 1.82) is 0 Å². The van der Waals surface area contributed by atoms with Crippen molar-refractivity contribution in [3.63, 3.8) is 0 Å². The van der Waals surface area contributed by atoms with Crippen LogP contribution in [0.15, 0.2) is 41.6 Å². The minimum atomic E-state index is -0.169. The number of carbonyl (C=O) groups excluding carboxylic acids is 1. The Morgan fingerprint density at radius 3 is 3.00 bits per heavy atom. The molecule has 0 unspecified atom stereocenters. The van der Waals surface area contributed by atoms with Gasteiger partial charge in [-0.2, -0.15) is 0 Å². The smallest absolute Gasteiger partial charge is 0.260 e. The van der Waals surface area contributed by atoms with Gasteiger partial charge in [0, 0.05) is 6.20 Å². The van der Waals surface area contributed by atoms with Crippen molar-refractivity contribution in [3.05, 3.63) is 47.7 Å². The third-order valence-electron chi connectivity index (χ3n) is 3.70. The number of anilines is 1. The van der Waals surface area contributed by atoms with Gasteiger partial charge in [-0.05, 0) is 48.9 Å². The maximum absolute atomic E-state index is 12.5. The summed E-state index contributed by atoms with van der Waals surface area (Å²) in [6.07, 6.45) is 7.06. The number of aryl methyl sites for hydroxylation is 1. The van der Waals surface area contributed by atoms with Crippen molar-refractivity contribution >= 4 is 44.4 Å². The zero-order valence-corrected chi connectivity index (χ0v) is 15.3. The second-order valence-corrected chi connectivity index (χ2v) is 7.26. The molecule has 3 rings (SSSR count). The number of fused-ring (bicyclic) bond motifs is 1. The van der Waals surface area contributed by atoms with Crippen molar-refractivity contribution in [2.75, 3.05) is 11.6 Å². The van der Waals surface area contributed by atoms with Crippen LogP contribution in [0.25, 0.3) is 10.2 Å². The number of nitrogens with zero attached hydrogens (tertiary/aromatic N) is 2. The molecule has 1 amide bonds. The standard InChI is InChI=1S/C18H19N3OS2/c1-3-4-6-12-8-9-14-15(11-12)24-18(20-14)21-16(22)13-7-5-10-19-17(13)23-2/h5,7-11H,3-4,6H2,1-2H3,(H,20,21,22). The first-order chi connectivity index (χ1) is 11.7. The first-order valence-corrected chi connectivity index (χ1v) is 9.95. The fourth-order valence-corrected chi connectivity index (χ4v) is 3.92. The molecule has 0 atom stereocenters. The number of carbonyl (C=O) groups is 1. The lowest BCUT2D eigenvalue weighted by Crippen LogP contribution is -2.13. The summed E-state index contributed by atoms with van der Waals surface area (Å²) in [6, 6.07) is 9.88. The van der Waals surface area contributed by atoms with Crippen LogP contribution in [0.3, 0.4) is 0 Å². The summed E-state index contributed by atoms with van der Waals surface area (Å²) >= 11 is 2.97. The molecular weight excluding hydrogens is 338 g/mol. The second-order valence-electron chi connectivity index (χ2n) is 5.44. The Morgan fingerprint density at radius 2 is 2.21 bits per heavy atom. The quantitative estimate of drug-likeness (QED) is 0.630. The highest BCUT2D eigenvalue weighted by molar-refractivity contribution is 7.98. The lowest BCUT2D eigenvalue weighted by Gasteiger charge is -2.04. The van der Waals surface area contributed by atoms with Crippen LogP contribution in [0, 0.1) is 0 Å². The van der Waals surface area contributed by atoms with Gasteiger partial charge < -0.3 is 0 Å². The number of pyridine rings is 1. The number of thiazole rings is 1. The predicted molar refractivity (Wildman–Crippen MR) is 102 cm³/mol. The van der Waals surface area contributed by atoms with Crippen molar-refractivity contribution in [2.24, 2.45) is 0 Å². The van der Waals surface area contributed by atoms with Gasteiger partial charge in [0.25, 0.3) is 5.91 Å². The Balaban J connectivity index is 1.81. The molecule has 124 valence electrons. The number of hydrogen-bond donors (Lipinski definition) is 1. The Hall–Kier alpha value is -1.92.